The number of carbonyl (C=O) groups excluding carboxylic acids is 2. The molecular weight excluding hydrogens is 394 g/mol. The summed E-state index contributed by atoms with van der Waals surface area (Å²) in [6, 6.07) is 5.38. The van der Waals surface area contributed by atoms with Crippen molar-refractivity contribution in [1.29, 1.82) is 0 Å². The number of aryl methyl sites for hydroxylation is 2. The highest BCUT2D eigenvalue weighted by molar-refractivity contribution is 7.09. The molecule has 0 spiro atoms. The van der Waals surface area contributed by atoms with E-state index in [1.165, 1.54) is 16.0 Å². The summed E-state index contributed by atoms with van der Waals surface area (Å²) in [5.41, 5.74) is 8.02. The highest BCUT2D eigenvalue weighted by atomic mass is 32.1. The van der Waals surface area contributed by atoms with E-state index >= 15 is 0 Å². The van der Waals surface area contributed by atoms with Gasteiger partial charge < -0.3 is 20.5 Å². The Morgan fingerprint density at radius 2 is 2.28 bits per heavy atom. The molecule has 1 aliphatic rings. The molecule has 10 heteroatoms. The lowest BCUT2D eigenvalue weighted by molar-refractivity contribution is -0.124. The zero-order chi connectivity index (χ0) is 20.6. The highest BCUT2D eigenvalue weighted by Crippen LogP contribution is 2.26. The molecule has 1 atom stereocenters. The van der Waals surface area contributed by atoms with E-state index in [0.717, 1.165) is 10.6 Å². The largest absolute Gasteiger partial charge is 0.488 e. The molecule has 3 N–H and O–H groups in total. The summed E-state index contributed by atoms with van der Waals surface area (Å²) in [6.45, 7) is 2.76. The fourth-order valence-electron chi connectivity index (χ4n) is 3.35. The van der Waals surface area contributed by atoms with E-state index in [-0.39, 0.29) is 6.61 Å². The Labute approximate surface area is 170 Å². The summed E-state index contributed by atoms with van der Waals surface area (Å²) in [5.74, 6) is -0.435. The van der Waals surface area contributed by atoms with Crippen LogP contribution in [-0.4, -0.2) is 45.3 Å². The number of hydrogen-bond donors (Lipinski definition) is 2. The minimum Gasteiger partial charge on any atom is -0.488 e. The smallest absolute Gasteiger partial charge is 0.271 e. The SMILES string of the molecule is Cc1ncsc1COc1ccc2nn(C)c(C(=O)NC3(C(N)=O)CCOC3)c2c1. The summed E-state index contributed by atoms with van der Waals surface area (Å²) in [7, 11) is 1.68. The number of hydrogen-bond acceptors (Lipinski definition) is 7. The molecule has 4 rings (SSSR count). The van der Waals surface area contributed by atoms with Gasteiger partial charge in [-0.25, -0.2) is 4.98 Å². The first kappa shape index (κ1) is 19.3. The Balaban J connectivity index is 1.61. The summed E-state index contributed by atoms with van der Waals surface area (Å²) in [5, 5.41) is 7.78. The number of primary amides is 1. The van der Waals surface area contributed by atoms with Gasteiger partial charge in [0.15, 0.2) is 0 Å². The first-order chi connectivity index (χ1) is 13.9. The van der Waals surface area contributed by atoms with Gasteiger partial charge in [-0.3, -0.25) is 14.3 Å². The van der Waals surface area contributed by atoms with Crippen molar-refractivity contribution in [3.63, 3.8) is 0 Å². The van der Waals surface area contributed by atoms with E-state index in [4.69, 9.17) is 15.2 Å². The van der Waals surface area contributed by atoms with Crippen LogP contribution in [0.25, 0.3) is 10.9 Å². The minimum absolute atomic E-state index is 0.0619. The molecule has 1 aliphatic heterocycles. The second kappa shape index (κ2) is 7.45. The van der Waals surface area contributed by atoms with Gasteiger partial charge in [-0.2, -0.15) is 5.10 Å². The summed E-state index contributed by atoms with van der Waals surface area (Å²) < 4.78 is 12.7. The summed E-state index contributed by atoms with van der Waals surface area (Å²) in [6.07, 6.45) is 0.340. The molecule has 152 valence electrons. The van der Waals surface area contributed by atoms with Gasteiger partial charge in [0.05, 0.1) is 28.2 Å². The van der Waals surface area contributed by atoms with Crippen molar-refractivity contribution in [2.24, 2.45) is 12.8 Å². The molecule has 29 heavy (non-hydrogen) atoms. The fourth-order valence-corrected chi connectivity index (χ4v) is 4.03. The summed E-state index contributed by atoms with van der Waals surface area (Å²) in [4.78, 5) is 30.2. The molecular formula is C19H21N5O4S. The van der Waals surface area contributed by atoms with Crippen molar-refractivity contribution < 1.29 is 19.1 Å². The number of nitrogens with one attached hydrogen (secondary N) is 1. The molecule has 3 heterocycles. The first-order valence-electron chi connectivity index (χ1n) is 9.08. The average Bonchev–Trinajstić information content (AvgIpc) is 3.38. The van der Waals surface area contributed by atoms with E-state index in [0.29, 0.717) is 42.0 Å². The Morgan fingerprint density at radius 1 is 1.45 bits per heavy atom. The number of nitrogens with zero attached hydrogens (tertiary/aromatic N) is 3. The molecule has 9 nitrogen and oxygen atoms in total. The predicted octanol–water partition coefficient (Wildman–Crippen LogP) is 1.29. The number of nitrogens with two attached hydrogens (primary N) is 1. The van der Waals surface area contributed by atoms with Gasteiger partial charge in [-0.1, -0.05) is 0 Å². The second-order valence-electron chi connectivity index (χ2n) is 7.00. The highest BCUT2D eigenvalue weighted by Gasteiger charge is 2.43. The zero-order valence-electron chi connectivity index (χ0n) is 16.1. The number of fused-ring (bicyclic) bond motifs is 1. The molecule has 1 fully saturated rings. The van der Waals surface area contributed by atoms with Crippen LogP contribution in [0.5, 0.6) is 5.75 Å². The molecule has 3 aromatic rings. The van der Waals surface area contributed by atoms with Gasteiger partial charge in [-0.15, -0.1) is 11.3 Å². The van der Waals surface area contributed by atoms with Crippen LogP contribution in [0, 0.1) is 6.92 Å². The van der Waals surface area contributed by atoms with Crippen LogP contribution in [0.3, 0.4) is 0 Å². The Hall–Kier alpha value is -2.98. The number of ether oxygens (including phenoxy) is 2. The second-order valence-corrected chi connectivity index (χ2v) is 7.94. The van der Waals surface area contributed by atoms with Gasteiger partial charge in [0.25, 0.3) is 5.91 Å². The number of aromatic nitrogens is 3. The van der Waals surface area contributed by atoms with Crippen LogP contribution in [0.15, 0.2) is 23.7 Å². The van der Waals surface area contributed by atoms with Gasteiger partial charge in [0.1, 0.15) is 23.6 Å². The Morgan fingerprint density at radius 3 is 2.93 bits per heavy atom. The lowest BCUT2D eigenvalue weighted by atomic mass is 9.97. The van der Waals surface area contributed by atoms with Crippen molar-refractivity contribution >= 4 is 34.1 Å². The third kappa shape index (κ3) is 3.56. The molecule has 2 amide bonds. The van der Waals surface area contributed by atoms with Crippen molar-refractivity contribution in [3.05, 3.63) is 40.0 Å². The van der Waals surface area contributed by atoms with Gasteiger partial charge >= 0.3 is 0 Å². The van der Waals surface area contributed by atoms with Crippen molar-refractivity contribution in [2.45, 2.75) is 25.5 Å². The van der Waals surface area contributed by atoms with Crippen LogP contribution >= 0.6 is 11.3 Å². The number of benzene rings is 1. The first-order valence-corrected chi connectivity index (χ1v) is 9.96. The topological polar surface area (TPSA) is 121 Å². The predicted molar refractivity (Wildman–Crippen MR) is 107 cm³/mol. The molecule has 1 saturated heterocycles. The third-order valence-electron chi connectivity index (χ3n) is 5.08. The maximum Gasteiger partial charge on any atom is 0.271 e. The Bertz CT molecular complexity index is 1080. The number of rotatable bonds is 6. The van der Waals surface area contributed by atoms with Crippen LogP contribution < -0.4 is 15.8 Å². The van der Waals surface area contributed by atoms with Crippen molar-refractivity contribution in [2.75, 3.05) is 13.2 Å². The number of amides is 2. The van der Waals surface area contributed by atoms with E-state index in [2.05, 4.69) is 15.4 Å². The van der Waals surface area contributed by atoms with Crippen LogP contribution in [-0.2, 0) is 23.2 Å². The van der Waals surface area contributed by atoms with Gasteiger partial charge in [0.2, 0.25) is 5.91 Å². The lowest BCUT2D eigenvalue weighted by Gasteiger charge is -2.24. The molecule has 0 radical (unpaired) electrons. The summed E-state index contributed by atoms with van der Waals surface area (Å²) >= 11 is 1.53. The van der Waals surface area contributed by atoms with Crippen LogP contribution in [0.1, 0.15) is 27.5 Å². The molecule has 0 saturated carbocycles. The molecule has 1 aromatic carbocycles. The van der Waals surface area contributed by atoms with Crippen molar-refractivity contribution in [1.82, 2.24) is 20.1 Å². The minimum atomic E-state index is -1.20. The average molecular weight is 415 g/mol. The number of thiazole rings is 1. The molecule has 1 unspecified atom stereocenters. The monoisotopic (exact) mass is 415 g/mol. The van der Waals surface area contributed by atoms with E-state index in [1.807, 2.05) is 13.0 Å². The maximum absolute atomic E-state index is 13.0. The number of carbonyl (C=O) groups is 2. The molecule has 2 aromatic heterocycles. The maximum atomic E-state index is 13.0. The standard InChI is InChI=1S/C19H21N5O4S/c1-11-15(29-10-21-11)8-28-12-3-4-14-13(7-12)16(24(2)23-14)17(25)22-19(18(20)26)5-6-27-9-19/h3-4,7,10H,5-6,8-9H2,1-2H3,(H2,20,26)(H,22,25). The van der Waals surface area contributed by atoms with E-state index in [1.54, 1.807) is 24.7 Å². The Kier molecular flexibility index (Phi) is 4.97. The van der Waals surface area contributed by atoms with Crippen molar-refractivity contribution in [3.8, 4) is 5.75 Å². The van der Waals surface area contributed by atoms with Gasteiger partial charge in [0, 0.05) is 25.5 Å². The lowest BCUT2D eigenvalue weighted by Crippen LogP contribution is -2.58. The zero-order valence-corrected chi connectivity index (χ0v) is 16.9. The van der Waals surface area contributed by atoms with Gasteiger partial charge in [-0.05, 0) is 25.1 Å². The normalized spacial score (nSPS) is 18.8. The van der Waals surface area contributed by atoms with Crippen LogP contribution in [0.2, 0.25) is 0 Å². The third-order valence-corrected chi connectivity index (χ3v) is 5.99. The molecule has 0 bridgehead atoms. The van der Waals surface area contributed by atoms with Crippen LogP contribution in [0.4, 0.5) is 0 Å². The fraction of sp³-hybridized carbons (Fsp3) is 0.368. The molecule has 0 aliphatic carbocycles. The quantitative estimate of drug-likeness (QED) is 0.626. The van der Waals surface area contributed by atoms with E-state index in [9.17, 15) is 9.59 Å². The van der Waals surface area contributed by atoms with E-state index < -0.39 is 17.4 Å².